The molecule has 0 aromatic heterocycles. The number of hydrogen-bond acceptors (Lipinski definition) is 6. The van der Waals surface area contributed by atoms with Gasteiger partial charge in [0.2, 0.25) is 0 Å². The zero-order chi connectivity index (χ0) is 30.2. The number of esters is 2. The Morgan fingerprint density at radius 3 is 2.00 bits per heavy atom. The van der Waals surface area contributed by atoms with Gasteiger partial charge in [-0.2, -0.15) is 0 Å². The van der Waals surface area contributed by atoms with Crippen LogP contribution in [0.3, 0.4) is 0 Å². The smallest absolute Gasteiger partial charge is 0.306 e. The van der Waals surface area contributed by atoms with Crippen molar-refractivity contribution in [3.05, 3.63) is 60.8 Å². The van der Waals surface area contributed by atoms with Gasteiger partial charge in [0.1, 0.15) is 6.61 Å². The minimum Gasteiger partial charge on any atom is -0.462 e. The SMILES string of the molecule is CC/C=C\C(O)C/C=C/C=C\C/C=C\C/C=C\CCCC(=O)OC[C@H](CO)OC(=O)CCCCCCCCCCC. The van der Waals surface area contributed by atoms with Gasteiger partial charge in [-0.05, 0) is 44.9 Å². The Morgan fingerprint density at radius 1 is 0.707 bits per heavy atom. The molecule has 1 unspecified atom stereocenters. The molecule has 0 aliphatic rings. The molecule has 6 nitrogen and oxygen atoms in total. The van der Waals surface area contributed by atoms with Crippen LogP contribution in [0, 0.1) is 0 Å². The Hall–Kier alpha value is -2.44. The first-order valence-electron chi connectivity index (χ1n) is 16.0. The number of ether oxygens (including phenoxy) is 2. The van der Waals surface area contributed by atoms with Crippen molar-refractivity contribution in [3.8, 4) is 0 Å². The summed E-state index contributed by atoms with van der Waals surface area (Å²) < 4.78 is 10.5. The van der Waals surface area contributed by atoms with Crippen molar-refractivity contribution in [3.63, 3.8) is 0 Å². The molecule has 2 atom stereocenters. The largest absolute Gasteiger partial charge is 0.462 e. The standard InChI is InChI=1S/C35H58O6/c1-3-5-7-8-9-14-19-22-25-29-35(39)41-33(30-36)31-40-34(38)28-24-21-18-16-13-11-10-12-15-17-20-23-27-32(37)26-6-4-2/h6,10-11,15-18,20,23,26,32-33,36-37H,3-5,7-9,12-14,19,21-22,24-25,27-31H2,1-2H3/b11-10-,17-15-,18-16-,23-20+,26-6-/t32?,33-/m0/s1. The molecule has 0 aromatic carbocycles. The second-order valence-corrected chi connectivity index (χ2v) is 10.4. The van der Waals surface area contributed by atoms with E-state index in [0.717, 1.165) is 44.9 Å². The van der Waals surface area contributed by atoms with E-state index >= 15 is 0 Å². The molecule has 0 aliphatic carbocycles. The van der Waals surface area contributed by atoms with E-state index in [0.29, 0.717) is 19.3 Å². The van der Waals surface area contributed by atoms with E-state index in [1.165, 1.54) is 38.5 Å². The van der Waals surface area contributed by atoms with Crippen molar-refractivity contribution in [2.75, 3.05) is 13.2 Å². The van der Waals surface area contributed by atoms with Gasteiger partial charge in [0, 0.05) is 12.8 Å². The highest BCUT2D eigenvalue weighted by Gasteiger charge is 2.15. The zero-order valence-corrected chi connectivity index (χ0v) is 25.9. The zero-order valence-electron chi connectivity index (χ0n) is 25.9. The number of aliphatic hydroxyl groups is 2. The third-order valence-corrected chi connectivity index (χ3v) is 6.40. The molecule has 0 amide bonds. The first-order valence-corrected chi connectivity index (χ1v) is 16.0. The topological polar surface area (TPSA) is 93.1 Å². The molecule has 0 spiro atoms. The molecule has 0 radical (unpaired) electrons. The molecule has 6 heteroatoms. The Morgan fingerprint density at radius 2 is 1.32 bits per heavy atom. The van der Waals surface area contributed by atoms with Gasteiger partial charge in [-0.1, -0.05) is 126 Å². The highest BCUT2D eigenvalue weighted by molar-refractivity contribution is 5.70. The molecule has 0 aliphatic heterocycles. The Bertz CT molecular complexity index is 765. The summed E-state index contributed by atoms with van der Waals surface area (Å²) in [7, 11) is 0. The summed E-state index contributed by atoms with van der Waals surface area (Å²) in [6.07, 6.45) is 34.8. The van der Waals surface area contributed by atoms with Crippen molar-refractivity contribution in [1.82, 2.24) is 0 Å². The van der Waals surface area contributed by atoms with E-state index < -0.39 is 12.2 Å². The normalized spacial score (nSPS) is 13.8. The fourth-order valence-electron chi connectivity index (χ4n) is 3.96. The van der Waals surface area contributed by atoms with Gasteiger partial charge in [0.25, 0.3) is 0 Å². The Labute approximate surface area is 250 Å². The van der Waals surface area contributed by atoms with Crippen molar-refractivity contribution >= 4 is 11.9 Å². The predicted molar refractivity (Wildman–Crippen MR) is 169 cm³/mol. The van der Waals surface area contributed by atoms with E-state index in [4.69, 9.17) is 9.47 Å². The number of carbonyl (C=O) groups is 2. The van der Waals surface area contributed by atoms with Crippen molar-refractivity contribution in [2.24, 2.45) is 0 Å². The molecule has 0 fully saturated rings. The average Bonchev–Trinajstić information content (AvgIpc) is 2.97. The van der Waals surface area contributed by atoms with E-state index in [1.807, 2.05) is 37.3 Å². The summed E-state index contributed by atoms with van der Waals surface area (Å²) in [6.45, 7) is 3.79. The fourth-order valence-corrected chi connectivity index (χ4v) is 3.96. The highest BCUT2D eigenvalue weighted by Crippen LogP contribution is 2.11. The quantitative estimate of drug-likeness (QED) is 0.0444. The maximum absolute atomic E-state index is 12.0. The van der Waals surface area contributed by atoms with Crippen molar-refractivity contribution < 1.29 is 29.3 Å². The molecule has 0 aromatic rings. The van der Waals surface area contributed by atoms with Gasteiger partial charge in [0.15, 0.2) is 6.10 Å². The molecule has 0 bridgehead atoms. The van der Waals surface area contributed by atoms with Gasteiger partial charge in [-0.25, -0.2) is 0 Å². The van der Waals surface area contributed by atoms with Crippen LogP contribution in [0.15, 0.2) is 60.8 Å². The number of rotatable bonds is 27. The average molecular weight is 575 g/mol. The lowest BCUT2D eigenvalue weighted by Crippen LogP contribution is -2.28. The van der Waals surface area contributed by atoms with Gasteiger partial charge >= 0.3 is 11.9 Å². The second-order valence-electron chi connectivity index (χ2n) is 10.4. The predicted octanol–water partition coefficient (Wildman–Crippen LogP) is 8.25. The van der Waals surface area contributed by atoms with Crippen LogP contribution in [-0.2, 0) is 19.1 Å². The molecule has 0 saturated carbocycles. The highest BCUT2D eigenvalue weighted by atomic mass is 16.6. The van der Waals surface area contributed by atoms with Crippen LogP contribution in [0.5, 0.6) is 0 Å². The maximum atomic E-state index is 12.0. The van der Waals surface area contributed by atoms with Gasteiger partial charge in [-0.3, -0.25) is 9.59 Å². The molecular formula is C35H58O6. The van der Waals surface area contributed by atoms with Crippen LogP contribution in [0.4, 0.5) is 0 Å². The van der Waals surface area contributed by atoms with E-state index in [-0.39, 0.29) is 31.6 Å². The Kier molecular flexibility index (Phi) is 28.7. The lowest BCUT2D eigenvalue weighted by Gasteiger charge is -2.15. The monoisotopic (exact) mass is 574 g/mol. The minimum absolute atomic E-state index is 0.109. The van der Waals surface area contributed by atoms with Crippen LogP contribution in [0.2, 0.25) is 0 Å². The van der Waals surface area contributed by atoms with Crippen molar-refractivity contribution in [2.45, 2.75) is 135 Å². The number of allylic oxidation sites excluding steroid dienone is 8. The summed E-state index contributed by atoms with van der Waals surface area (Å²) in [5.74, 6) is -0.693. The molecule has 0 saturated heterocycles. The van der Waals surface area contributed by atoms with E-state index in [1.54, 1.807) is 0 Å². The maximum Gasteiger partial charge on any atom is 0.306 e. The van der Waals surface area contributed by atoms with Gasteiger partial charge in [-0.15, -0.1) is 0 Å². The fraction of sp³-hybridized carbons (Fsp3) is 0.657. The molecule has 0 rings (SSSR count). The van der Waals surface area contributed by atoms with Crippen LogP contribution in [0.25, 0.3) is 0 Å². The summed E-state index contributed by atoms with van der Waals surface area (Å²) in [6, 6.07) is 0. The molecular weight excluding hydrogens is 516 g/mol. The summed E-state index contributed by atoms with van der Waals surface area (Å²) in [5.41, 5.74) is 0. The summed E-state index contributed by atoms with van der Waals surface area (Å²) in [4.78, 5) is 24.0. The molecule has 0 heterocycles. The molecule has 2 N–H and O–H groups in total. The molecule has 41 heavy (non-hydrogen) atoms. The Balaban J connectivity index is 3.79. The van der Waals surface area contributed by atoms with Crippen molar-refractivity contribution in [1.29, 1.82) is 0 Å². The number of hydrogen-bond donors (Lipinski definition) is 2. The first kappa shape index (κ1) is 38.6. The first-order chi connectivity index (χ1) is 20.0. The van der Waals surface area contributed by atoms with E-state index in [2.05, 4.69) is 37.3 Å². The van der Waals surface area contributed by atoms with Gasteiger partial charge in [0.05, 0.1) is 12.7 Å². The minimum atomic E-state index is -0.802. The van der Waals surface area contributed by atoms with Crippen LogP contribution >= 0.6 is 0 Å². The van der Waals surface area contributed by atoms with E-state index in [9.17, 15) is 19.8 Å². The lowest BCUT2D eigenvalue weighted by molar-refractivity contribution is -0.161. The lowest BCUT2D eigenvalue weighted by atomic mass is 10.1. The third kappa shape index (κ3) is 28.9. The van der Waals surface area contributed by atoms with Crippen LogP contribution in [-0.4, -0.2) is 47.6 Å². The van der Waals surface area contributed by atoms with Crippen LogP contribution < -0.4 is 0 Å². The van der Waals surface area contributed by atoms with Crippen LogP contribution in [0.1, 0.15) is 123 Å². The summed E-state index contributed by atoms with van der Waals surface area (Å²) >= 11 is 0. The number of aliphatic hydroxyl groups excluding tert-OH is 2. The summed E-state index contributed by atoms with van der Waals surface area (Å²) in [5, 5.41) is 19.2. The number of unbranched alkanes of at least 4 members (excludes halogenated alkanes) is 9. The third-order valence-electron chi connectivity index (χ3n) is 6.40. The van der Waals surface area contributed by atoms with Gasteiger partial charge < -0.3 is 19.7 Å². The second kappa shape index (κ2) is 30.5. The molecule has 234 valence electrons. The number of carbonyl (C=O) groups excluding carboxylic acids is 2.